The number of carbonyl (C=O) groups is 1. The summed E-state index contributed by atoms with van der Waals surface area (Å²) < 4.78 is 3.38. The van der Waals surface area contributed by atoms with Crippen LogP contribution in [-0.2, 0) is 6.54 Å². The number of anilines is 1. The summed E-state index contributed by atoms with van der Waals surface area (Å²) in [6.45, 7) is 4.34. The molecule has 0 bridgehead atoms. The van der Waals surface area contributed by atoms with Crippen LogP contribution in [0, 0.1) is 13.8 Å². The summed E-state index contributed by atoms with van der Waals surface area (Å²) in [6.07, 6.45) is 4.89. The molecule has 0 saturated carbocycles. The van der Waals surface area contributed by atoms with E-state index in [-0.39, 0.29) is 5.91 Å². The molecule has 3 aromatic heterocycles. The van der Waals surface area contributed by atoms with Crippen LogP contribution < -0.4 is 5.32 Å². The van der Waals surface area contributed by atoms with Gasteiger partial charge >= 0.3 is 0 Å². The molecule has 1 aromatic carbocycles. The van der Waals surface area contributed by atoms with E-state index < -0.39 is 0 Å². The number of aryl methyl sites for hydroxylation is 2. The maximum Gasteiger partial charge on any atom is 0.261 e. The SMILES string of the molecule is Cc1cc(C)n2ncc(C(=O)Nc3cnn(Cc4ccccc4Cl)c3)c2n1. The van der Waals surface area contributed by atoms with Gasteiger partial charge in [-0.2, -0.15) is 10.2 Å². The Morgan fingerprint density at radius 3 is 2.81 bits per heavy atom. The highest BCUT2D eigenvalue weighted by molar-refractivity contribution is 6.31. The molecule has 0 unspecified atom stereocenters. The van der Waals surface area contributed by atoms with Gasteiger partial charge in [-0.1, -0.05) is 29.8 Å². The molecule has 4 rings (SSSR count). The minimum atomic E-state index is -0.278. The largest absolute Gasteiger partial charge is 0.319 e. The van der Waals surface area contributed by atoms with Crippen molar-refractivity contribution >= 4 is 28.8 Å². The summed E-state index contributed by atoms with van der Waals surface area (Å²) in [5.41, 5.74) is 4.26. The third kappa shape index (κ3) is 3.41. The predicted octanol–water partition coefficient (Wildman–Crippen LogP) is 3.50. The molecule has 0 saturated heterocycles. The van der Waals surface area contributed by atoms with Crippen LogP contribution in [0.5, 0.6) is 0 Å². The molecular formula is C19H17ClN6O. The molecule has 0 spiro atoms. The first-order chi connectivity index (χ1) is 13.0. The molecule has 0 fully saturated rings. The van der Waals surface area contributed by atoms with Crippen LogP contribution in [0.15, 0.2) is 48.9 Å². The molecule has 1 N–H and O–H groups in total. The Balaban J connectivity index is 1.54. The van der Waals surface area contributed by atoms with Crippen LogP contribution in [0.2, 0.25) is 5.02 Å². The minimum absolute atomic E-state index is 0.278. The van der Waals surface area contributed by atoms with Gasteiger partial charge in [-0.15, -0.1) is 0 Å². The molecule has 3 heterocycles. The number of rotatable bonds is 4. The van der Waals surface area contributed by atoms with Crippen LogP contribution >= 0.6 is 11.6 Å². The first-order valence-corrected chi connectivity index (χ1v) is 8.78. The van der Waals surface area contributed by atoms with Crippen molar-refractivity contribution in [2.45, 2.75) is 20.4 Å². The monoisotopic (exact) mass is 380 g/mol. The number of halogens is 1. The number of carbonyl (C=O) groups excluding carboxylic acids is 1. The standard InChI is InChI=1S/C19H17ClN6O/c1-12-7-13(2)26-18(23-12)16(9-22-26)19(27)24-15-8-21-25(11-15)10-14-5-3-4-6-17(14)20/h3-9,11H,10H2,1-2H3,(H,24,27). The molecule has 0 aliphatic heterocycles. The highest BCUT2D eigenvalue weighted by Crippen LogP contribution is 2.18. The molecule has 136 valence electrons. The van der Waals surface area contributed by atoms with Gasteiger partial charge in [-0.25, -0.2) is 9.50 Å². The Hall–Kier alpha value is -3.19. The number of nitrogens with one attached hydrogen (secondary N) is 1. The average molecular weight is 381 g/mol. The summed E-state index contributed by atoms with van der Waals surface area (Å²) in [6, 6.07) is 9.51. The highest BCUT2D eigenvalue weighted by atomic mass is 35.5. The number of fused-ring (bicyclic) bond motifs is 1. The Kier molecular flexibility index (Phi) is 4.37. The number of nitrogens with zero attached hydrogens (tertiary/aromatic N) is 5. The molecule has 4 aromatic rings. The summed E-state index contributed by atoms with van der Waals surface area (Å²) in [5.74, 6) is -0.278. The van der Waals surface area contributed by atoms with Crippen molar-refractivity contribution < 1.29 is 4.79 Å². The topological polar surface area (TPSA) is 77.1 Å². The summed E-state index contributed by atoms with van der Waals surface area (Å²) in [4.78, 5) is 17.1. The van der Waals surface area contributed by atoms with Crippen molar-refractivity contribution in [2.75, 3.05) is 5.32 Å². The smallest absolute Gasteiger partial charge is 0.261 e. The Morgan fingerprint density at radius 1 is 1.19 bits per heavy atom. The molecule has 0 atom stereocenters. The molecule has 7 nitrogen and oxygen atoms in total. The molecule has 8 heteroatoms. The van der Waals surface area contributed by atoms with Crippen LogP contribution in [0.3, 0.4) is 0 Å². The maximum atomic E-state index is 12.7. The zero-order chi connectivity index (χ0) is 19.0. The fourth-order valence-corrected chi connectivity index (χ4v) is 3.14. The Morgan fingerprint density at radius 2 is 2.00 bits per heavy atom. The number of aromatic nitrogens is 5. The average Bonchev–Trinajstić information content (AvgIpc) is 3.24. The van der Waals surface area contributed by atoms with Gasteiger partial charge < -0.3 is 5.32 Å². The van der Waals surface area contributed by atoms with Gasteiger partial charge in [0.15, 0.2) is 5.65 Å². The first kappa shape index (κ1) is 17.2. The fourth-order valence-electron chi connectivity index (χ4n) is 2.94. The highest BCUT2D eigenvalue weighted by Gasteiger charge is 2.16. The van der Waals surface area contributed by atoms with Crippen molar-refractivity contribution in [3.63, 3.8) is 0 Å². The maximum absolute atomic E-state index is 12.7. The summed E-state index contributed by atoms with van der Waals surface area (Å²) in [7, 11) is 0. The van der Waals surface area contributed by atoms with Gasteiger partial charge in [0, 0.05) is 22.6 Å². The minimum Gasteiger partial charge on any atom is -0.319 e. The van der Waals surface area contributed by atoms with Crippen LogP contribution in [0.25, 0.3) is 5.65 Å². The zero-order valence-corrected chi connectivity index (χ0v) is 15.6. The van der Waals surface area contributed by atoms with Crippen LogP contribution in [0.4, 0.5) is 5.69 Å². The van der Waals surface area contributed by atoms with Gasteiger partial charge in [0.2, 0.25) is 0 Å². The van der Waals surface area contributed by atoms with E-state index in [1.807, 2.05) is 44.2 Å². The zero-order valence-electron chi connectivity index (χ0n) is 14.8. The Bertz CT molecular complexity index is 1150. The van der Waals surface area contributed by atoms with Gasteiger partial charge in [-0.05, 0) is 31.5 Å². The number of benzene rings is 1. The quantitative estimate of drug-likeness (QED) is 0.587. The Labute approximate surface area is 160 Å². The van der Waals surface area contributed by atoms with E-state index in [9.17, 15) is 4.79 Å². The summed E-state index contributed by atoms with van der Waals surface area (Å²) >= 11 is 6.19. The van der Waals surface area contributed by atoms with Gasteiger partial charge in [0.25, 0.3) is 5.91 Å². The lowest BCUT2D eigenvalue weighted by Gasteiger charge is -2.04. The lowest BCUT2D eigenvalue weighted by Crippen LogP contribution is -2.12. The van der Waals surface area contributed by atoms with Crippen molar-refractivity contribution in [2.24, 2.45) is 0 Å². The van der Waals surface area contributed by atoms with Crippen molar-refractivity contribution in [3.05, 3.63) is 76.5 Å². The molecule has 0 aliphatic carbocycles. The van der Waals surface area contributed by atoms with Gasteiger partial charge in [-0.3, -0.25) is 9.48 Å². The lowest BCUT2D eigenvalue weighted by atomic mass is 10.2. The van der Waals surface area contributed by atoms with Crippen molar-refractivity contribution in [3.8, 4) is 0 Å². The second-order valence-corrected chi connectivity index (χ2v) is 6.71. The molecule has 0 aliphatic rings. The van der Waals surface area contributed by atoms with E-state index >= 15 is 0 Å². The van der Waals surface area contributed by atoms with E-state index in [4.69, 9.17) is 11.6 Å². The third-order valence-electron chi connectivity index (χ3n) is 4.20. The van der Waals surface area contributed by atoms with Gasteiger partial charge in [0.05, 0.1) is 24.6 Å². The normalized spacial score (nSPS) is 11.1. The van der Waals surface area contributed by atoms with E-state index in [1.54, 1.807) is 21.6 Å². The lowest BCUT2D eigenvalue weighted by molar-refractivity contribution is 0.102. The van der Waals surface area contributed by atoms with E-state index in [0.29, 0.717) is 28.5 Å². The second kappa shape index (κ2) is 6.85. The van der Waals surface area contributed by atoms with E-state index in [1.165, 1.54) is 6.20 Å². The fraction of sp³-hybridized carbons (Fsp3) is 0.158. The van der Waals surface area contributed by atoms with Crippen molar-refractivity contribution in [1.82, 2.24) is 24.4 Å². The number of amides is 1. The molecule has 0 radical (unpaired) electrons. The third-order valence-corrected chi connectivity index (χ3v) is 4.57. The molecule has 27 heavy (non-hydrogen) atoms. The predicted molar refractivity (Wildman–Crippen MR) is 103 cm³/mol. The second-order valence-electron chi connectivity index (χ2n) is 6.30. The first-order valence-electron chi connectivity index (χ1n) is 8.40. The number of hydrogen-bond acceptors (Lipinski definition) is 4. The number of hydrogen-bond donors (Lipinski definition) is 1. The van der Waals surface area contributed by atoms with Crippen LogP contribution in [-0.4, -0.2) is 30.3 Å². The van der Waals surface area contributed by atoms with E-state index in [2.05, 4.69) is 20.5 Å². The summed E-state index contributed by atoms with van der Waals surface area (Å²) in [5, 5.41) is 12.1. The van der Waals surface area contributed by atoms with Crippen LogP contribution in [0.1, 0.15) is 27.3 Å². The molecule has 1 amide bonds. The van der Waals surface area contributed by atoms with Crippen molar-refractivity contribution in [1.29, 1.82) is 0 Å². The molecular weight excluding hydrogens is 364 g/mol. The van der Waals surface area contributed by atoms with E-state index in [0.717, 1.165) is 17.0 Å². The van der Waals surface area contributed by atoms with Gasteiger partial charge in [0.1, 0.15) is 5.56 Å².